The zero-order chi connectivity index (χ0) is 25.8. The maximum Gasteiger partial charge on any atom is 0.260 e. The highest BCUT2D eigenvalue weighted by Crippen LogP contribution is 2.41. The number of aliphatic hydroxyl groups is 1. The number of amides is 1. The minimum atomic E-state index is -0.938. The van der Waals surface area contributed by atoms with Gasteiger partial charge in [0.05, 0.1) is 21.9 Å². The number of benzene rings is 2. The lowest BCUT2D eigenvalue weighted by Gasteiger charge is -2.25. The molecule has 2 N–H and O–H groups in total. The summed E-state index contributed by atoms with van der Waals surface area (Å²) in [6.07, 6.45) is 3.24. The van der Waals surface area contributed by atoms with E-state index in [9.17, 15) is 23.5 Å². The predicted octanol–water partition coefficient (Wildman–Crippen LogP) is 7.08. The zero-order valence-electron chi connectivity index (χ0n) is 20.6. The third-order valence-corrected chi connectivity index (χ3v) is 6.63. The van der Waals surface area contributed by atoms with Crippen molar-refractivity contribution in [3.63, 3.8) is 0 Å². The van der Waals surface area contributed by atoms with Gasteiger partial charge < -0.3 is 10.4 Å². The van der Waals surface area contributed by atoms with Gasteiger partial charge >= 0.3 is 0 Å². The number of nitrogens with one attached hydrogen (secondary N) is 1. The summed E-state index contributed by atoms with van der Waals surface area (Å²) in [6, 6.07) is 6.71. The third-order valence-electron chi connectivity index (χ3n) is 6.27. The SMILES string of the molecule is CC(C1CC1)C(C)(C)O.CCc1cccc(NC(=O)c2c(F)ccc(F)c2Cl)c1C(=O)C(C)C. The van der Waals surface area contributed by atoms with Crippen LogP contribution in [0.3, 0.4) is 0 Å². The molecular weight excluding hydrogens is 460 g/mol. The molecule has 1 fully saturated rings. The fourth-order valence-corrected chi connectivity index (χ4v) is 3.91. The van der Waals surface area contributed by atoms with E-state index in [-0.39, 0.29) is 17.4 Å². The van der Waals surface area contributed by atoms with Crippen LogP contribution in [0.2, 0.25) is 5.02 Å². The van der Waals surface area contributed by atoms with Crippen LogP contribution in [0.15, 0.2) is 30.3 Å². The Bertz CT molecular complexity index is 1040. The molecule has 4 nitrogen and oxygen atoms in total. The lowest BCUT2D eigenvalue weighted by Crippen LogP contribution is -2.29. The first-order valence-electron chi connectivity index (χ1n) is 11.6. The van der Waals surface area contributed by atoms with Crippen molar-refractivity contribution in [3.05, 3.63) is 63.7 Å². The van der Waals surface area contributed by atoms with Crippen LogP contribution in [0.5, 0.6) is 0 Å². The van der Waals surface area contributed by atoms with Gasteiger partial charge in [-0.3, -0.25) is 9.59 Å². The molecule has 0 heterocycles. The van der Waals surface area contributed by atoms with Crippen molar-refractivity contribution in [3.8, 4) is 0 Å². The third kappa shape index (κ3) is 6.86. The Morgan fingerprint density at radius 1 is 1.09 bits per heavy atom. The average Bonchev–Trinajstić information content (AvgIpc) is 3.60. The highest BCUT2D eigenvalue weighted by molar-refractivity contribution is 6.34. The number of anilines is 1. The number of aryl methyl sites for hydroxylation is 1. The topological polar surface area (TPSA) is 66.4 Å². The molecule has 1 saturated carbocycles. The van der Waals surface area contributed by atoms with E-state index >= 15 is 0 Å². The van der Waals surface area contributed by atoms with E-state index in [0.29, 0.717) is 17.9 Å². The Hall–Kier alpha value is -2.31. The highest BCUT2D eigenvalue weighted by Gasteiger charge is 2.36. The van der Waals surface area contributed by atoms with E-state index in [0.717, 1.165) is 23.6 Å². The fraction of sp³-hybridized carbons (Fsp3) is 0.481. The van der Waals surface area contributed by atoms with Gasteiger partial charge in [-0.2, -0.15) is 0 Å². The first kappa shape index (κ1) is 27.9. The van der Waals surface area contributed by atoms with Crippen LogP contribution in [-0.2, 0) is 6.42 Å². The van der Waals surface area contributed by atoms with Gasteiger partial charge in [-0.25, -0.2) is 8.78 Å². The normalized spacial score (nSPS) is 14.3. The Morgan fingerprint density at radius 3 is 2.15 bits per heavy atom. The summed E-state index contributed by atoms with van der Waals surface area (Å²) < 4.78 is 27.5. The van der Waals surface area contributed by atoms with Gasteiger partial charge in [0.15, 0.2) is 5.78 Å². The number of hydrogen-bond donors (Lipinski definition) is 2. The molecule has 2 aromatic rings. The van der Waals surface area contributed by atoms with Gasteiger partial charge in [0.25, 0.3) is 5.91 Å². The van der Waals surface area contributed by atoms with Crippen LogP contribution in [0, 0.1) is 29.4 Å². The Kier molecular flexibility index (Phi) is 9.37. The van der Waals surface area contributed by atoms with Gasteiger partial charge in [0, 0.05) is 11.5 Å². The smallest absolute Gasteiger partial charge is 0.260 e. The van der Waals surface area contributed by atoms with Crippen LogP contribution in [0.25, 0.3) is 0 Å². The Morgan fingerprint density at radius 2 is 1.68 bits per heavy atom. The number of carbonyl (C=O) groups is 2. The molecule has 0 aromatic heterocycles. The molecule has 0 bridgehead atoms. The highest BCUT2D eigenvalue weighted by atomic mass is 35.5. The molecule has 0 saturated heterocycles. The summed E-state index contributed by atoms with van der Waals surface area (Å²) >= 11 is 5.73. The molecule has 1 aliphatic carbocycles. The van der Waals surface area contributed by atoms with E-state index < -0.39 is 33.7 Å². The van der Waals surface area contributed by atoms with Gasteiger partial charge in [-0.05, 0) is 68.7 Å². The summed E-state index contributed by atoms with van der Waals surface area (Å²) in [5.74, 6) is -1.87. The van der Waals surface area contributed by atoms with Gasteiger partial charge in [0.1, 0.15) is 11.6 Å². The van der Waals surface area contributed by atoms with E-state index in [1.54, 1.807) is 32.0 Å². The van der Waals surface area contributed by atoms with E-state index in [4.69, 9.17) is 11.6 Å². The van der Waals surface area contributed by atoms with Crippen LogP contribution in [0.1, 0.15) is 80.7 Å². The van der Waals surface area contributed by atoms with Crippen molar-refractivity contribution in [2.24, 2.45) is 17.8 Å². The van der Waals surface area contributed by atoms with E-state index in [1.165, 1.54) is 12.8 Å². The van der Waals surface area contributed by atoms with Crippen molar-refractivity contribution in [2.45, 2.75) is 66.4 Å². The molecule has 1 unspecified atom stereocenters. The van der Waals surface area contributed by atoms with Crippen LogP contribution >= 0.6 is 11.6 Å². The van der Waals surface area contributed by atoms with Crippen molar-refractivity contribution >= 4 is 29.0 Å². The number of hydrogen-bond acceptors (Lipinski definition) is 3. The summed E-state index contributed by atoms with van der Waals surface area (Å²) in [5.41, 5.74) is 0.346. The lowest BCUT2D eigenvalue weighted by molar-refractivity contribution is 0.0155. The number of rotatable bonds is 7. The molecule has 0 aliphatic heterocycles. The number of halogens is 3. The zero-order valence-corrected chi connectivity index (χ0v) is 21.4. The van der Waals surface area contributed by atoms with Gasteiger partial charge in [-0.1, -0.05) is 51.4 Å². The molecule has 186 valence electrons. The molecule has 7 heteroatoms. The fourth-order valence-electron chi connectivity index (χ4n) is 3.67. The number of carbonyl (C=O) groups excluding carboxylic acids is 2. The minimum Gasteiger partial charge on any atom is -0.390 e. The second-order valence-electron chi connectivity index (χ2n) is 9.66. The first-order valence-corrected chi connectivity index (χ1v) is 12.0. The maximum absolute atomic E-state index is 13.9. The quantitative estimate of drug-likeness (QED) is 0.320. The Labute approximate surface area is 205 Å². The maximum atomic E-state index is 13.9. The summed E-state index contributed by atoms with van der Waals surface area (Å²) in [4.78, 5) is 25.0. The summed E-state index contributed by atoms with van der Waals surface area (Å²) in [5, 5.41) is 11.4. The monoisotopic (exact) mass is 493 g/mol. The molecule has 0 radical (unpaired) electrons. The molecule has 1 aliphatic rings. The largest absolute Gasteiger partial charge is 0.390 e. The van der Waals surface area contributed by atoms with Crippen LogP contribution in [0.4, 0.5) is 14.5 Å². The molecule has 3 rings (SSSR count). The average molecular weight is 494 g/mol. The van der Waals surface area contributed by atoms with Crippen molar-refractivity contribution in [2.75, 3.05) is 5.32 Å². The Balaban J connectivity index is 0.000000379. The molecule has 2 aromatic carbocycles. The van der Waals surface area contributed by atoms with Crippen LogP contribution in [-0.4, -0.2) is 22.4 Å². The predicted molar refractivity (Wildman–Crippen MR) is 132 cm³/mol. The number of Topliss-reactive ketones (excluding diaryl/α,β-unsaturated/α-hetero) is 1. The second-order valence-corrected chi connectivity index (χ2v) is 10.0. The van der Waals surface area contributed by atoms with Crippen molar-refractivity contribution in [1.29, 1.82) is 0 Å². The summed E-state index contributed by atoms with van der Waals surface area (Å²) in [7, 11) is 0. The molecular formula is C27H34ClF2NO3. The van der Waals surface area contributed by atoms with Gasteiger partial charge in [-0.15, -0.1) is 0 Å². The van der Waals surface area contributed by atoms with E-state index in [2.05, 4.69) is 12.2 Å². The molecule has 0 spiro atoms. The second kappa shape index (κ2) is 11.4. The molecule has 1 amide bonds. The minimum absolute atomic E-state index is 0.140. The molecule has 34 heavy (non-hydrogen) atoms. The lowest BCUT2D eigenvalue weighted by atomic mass is 9.89. The molecule has 1 atom stereocenters. The first-order chi connectivity index (χ1) is 15.8. The van der Waals surface area contributed by atoms with Crippen molar-refractivity contribution in [1.82, 2.24) is 0 Å². The number of ketones is 1. The standard InChI is InChI=1S/C19H18ClF2NO2.C8H16O/c1-4-11-6-5-7-14(15(11)18(24)10(2)3)23-19(25)16-12(21)8-9-13(22)17(16)20;1-6(7-4-5-7)8(2,3)9/h5-10H,4H2,1-3H3,(H,23,25);6-7,9H,4-5H2,1-3H3. The van der Waals surface area contributed by atoms with Gasteiger partial charge in [0.2, 0.25) is 0 Å². The summed E-state index contributed by atoms with van der Waals surface area (Å²) in [6.45, 7) is 11.3. The van der Waals surface area contributed by atoms with E-state index in [1.807, 2.05) is 20.8 Å². The van der Waals surface area contributed by atoms with Crippen molar-refractivity contribution < 1.29 is 23.5 Å². The van der Waals surface area contributed by atoms with Crippen LogP contribution < -0.4 is 5.32 Å².